The fraction of sp³-hybridized carbons (Fsp3) is 0.636. The van der Waals surface area contributed by atoms with E-state index in [0.29, 0.717) is 19.5 Å². The predicted octanol–water partition coefficient (Wildman–Crippen LogP) is -0.172. The molecule has 0 fully saturated rings. The first-order chi connectivity index (χ1) is 8.88. The van der Waals surface area contributed by atoms with Crippen LogP contribution in [0.5, 0.6) is 0 Å². The Kier molecular flexibility index (Phi) is 5.49. The molecule has 19 heavy (non-hydrogen) atoms. The van der Waals surface area contributed by atoms with Gasteiger partial charge in [-0.2, -0.15) is 5.10 Å². The SMILES string of the molecule is CCNC(CCn1cc(S(C)(=O)=O)cn1)C(=O)OC. The van der Waals surface area contributed by atoms with E-state index < -0.39 is 15.9 Å². The van der Waals surface area contributed by atoms with Gasteiger partial charge in [0.1, 0.15) is 10.9 Å². The monoisotopic (exact) mass is 289 g/mol. The Morgan fingerprint density at radius 2 is 2.26 bits per heavy atom. The van der Waals surface area contributed by atoms with Crippen LogP contribution in [0, 0.1) is 0 Å². The normalized spacial score (nSPS) is 13.2. The van der Waals surface area contributed by atoms with Crippen LogP contribution in [0.4, 0.5) is 0 Å². The van der Waals surface area contributed by atoms with E-state index in [0.717, 1.165) is 6.26 Å². The molecule has 1 atom stereocenters. The van der Waals surface area contributed by atoms with Crippen molar-refractivity contribution in [2.75, 3.05) is 19.9 Å². The van der Waals surface area contributed by atoms with Crippen molar-refractivity contribution in [1.29, 1.82) is 0 Å². The molecular weight excluding hydrogens is 270 g/mol. The highest BCUT2D eigenvalue weighted by atomic mass is 32.2. The number of aromatic nitrogens is 2. The van der Waals surface area contributed by atoms with Crippen LogP contribution in [0.1, 0.15) is 13.3 Å². The third kappa shape index (κ3) is 4.64. The Labute approximate surface area is 112 Å². The average Bonchev–Trinajstić information content (AvgIpc) is 2.82. The molecule has 0 spiro atoms. The molecule has 8 heteroatoms. The molecule has 0 aliphatic carbocycles. The zero-order chi connectivity index (χ0) is 14.5. The second-order valence-corrected chi connectivity index (χ2v) is 6.15. The van der Waals surface area contributed by atoms with Crippen molar-refractivity contribution in [2.45, 2.75) is 30.8 Å². The number of ether oxygens (including phenoxy) is 1. The van der Waals surface area contributed by atoms with Gasteiger partial charge in [-0.25, -0.2) is 8.42 Å². The third-order valence-electron chi connectivity index (χ3n) is 2.62. The summed E-state index contributed by atoms with van der Waals surface area (Å²) in [6.07, 6.45) is 4.36. The van der Waals surface area contributed by atoms with Gasteiger partial charge < -0.3 is 10.1 Å². The molecule has 0 aromatic carbocycles. The minimum Gasteiger partial charge on any atom is -0.468 e. The van der Waals surface area contributed by atoms with Crippen molar-refractivity contribution in [2.24, 2.45) is 0 Å². The highest BCUT2D eigenvalue weighted by Gasteiger charge is 2.18. The molecular formula is C11H19N3O4S. The van der Waals surface area contributed by atoms with Crippen molar-refractivity contribution in [3.05, 3.63) is 12.4 Å². The Balaban J connectivity index is 2.64. The minimum absolute atomic E-state index is 0.172. The van der Waals surface area contributed by atoms with E-state index in [1.807, 2.05) is 6.92 Å². The van der Waals surface area contributed by atoms with E-state index in [9.17, 15) is 13.2 Å². The highest BCUT2D eigenvalue weighted by Crippen LogP contribution is 2.07. The molecule has 1 aromatic heterocycles. The van der Waals surface area contributed by atoms with Crippen LogP contribution in [0.15, 0.2) is 17.3 Å². The van der Waals surface area contributed by atoms with Gasteiger partial charge in [0.2, 0.25) is 0 Å². The molecule has 0 saturated heterocycles. The summed E-state index contributed by atoms with van der Waals surface area (Å²) in [5, 5.41) is 6.96. The summed E-state index contributed by atoms with van der Waals surface area (Å²) in [7, 11) is -1.91. The largest absolute Gasteiger partial charge is 0.468 e. The summed E-state index contributed by atoms with van der Waals surface area (Å²) in [4.78, 5) is 11.6. The number of carbonyl (C=O) groups excluding carboxylic acids is 1. The van der Waals surface area contributed by atoms with E-state index in [-0.39, 0.29) is 10.9 Å². The fourth-order valence-electron chi connectivity index (χ4n) is 1.61. The summed E-state index contributed by atoms with van der Waals surface area (Å²) < 4.78 is 28.8. The molecule has 108 valence electrons. The molecule has 1 rings (SSSR count). The minimum atomic E-state index is -3.24. The maximum atomic E-state index is 11.5. The number of methoxy groups -OCH3 is 1. The quantitative estimate of drug-likeness (QED) is 0.701. The van der Waals surface area contributed by atoms with E-state index in [4.69, 9.17) is 0 Å². The summed E-state index contributed by atoms with van der Waals surface area (Å²) in [6, 6.07) is -0.416. The standard InChI is InChI=1S/C11H19N3O4S/c1-4-12-10(11(15)18-2)5-6-14-8-9(7-13-14)19(3,16)17/h7-8,10,12H,4-6H2,1-3H3. The zero-order valence-corrected chi connectivity index (χ0v) is 12.1. The summed E-state index contributed by atoms with van der Waals surface area (Å²) in [5.41, 5.74) is 0. The first-order valence-corrected chi connectivity index (χ1v) is 7.81. The smallest absolute Gasteiger partial charge is 0.322 e. The van der Waals surface area contributed by atoms with Gasteiger partial charge in [-0.15, -0.1) is 0 Å². The van der Waals surface area contributed by atoms with Gasteiger partial charge in [0, 0.05) is 19.0 Å². The van der Waals surface area contributed by atoms with E-state index in [2.05, 4.69) is 15.2 Å². The van der Waals surface area contributed by atoms with E-state index >= 15 is 0 Å². The van der Waals surface area contributed by atoms with Crippen molar-refractivity contribution in [3.8, 4) is 0 Å². The first kappa shape index (κ1) is 15.6. The van der Waals surface area contributed by atoms with Crippen LogP contribution in [0.2, 0.25) is 0 Å². The first-order valence-electron chi connectivity index (χ1n) is 5.92. The fourth-order valence-corrected chi connectivity index (χ4v) is 2.16. The van der Waals surface area contributed by atoms with Crippen LogP contribution >= 0.6 is 0 Å². The lowest BCUT2D eigenvalue weighted by molar-refractivity contribution is -0.143. The van der Waals surface area contributed by atoms with Crippen molar-refractivity contribution in [3.63, 3.8) is 0 Å². The third-order valence-corrected chi connectivity index (χ3v) is 3.69. The van der Waals surface area contributed by atoms with Gasteiger partial charge in [0.15, 0.2) is 9.84 Å². The number of carbonyl (C=O) groups is 1. The summed E-state index contributed by atoms with van der Waals surface area (Å²) >= 11 is 0. The molecule has 0 amide bonds. The number of hydrogen-bond acceptors (Lipinski definition) is 6. The predicted molar refractivity (Wildman–Crippen MR) is 69.4 cm³/mol. The van der Waals surface area contributed by atoms with E-state index in [1.54, 1.807) is 0 Å². The molecule has 0 radical (unpaired) electrons. The molecule has 1 aromatic rings. The molecule has 7 nitrogen and oxygen atoms in total. The van der Waals surface area contributed by atoms with Crippen molar-refractivity contribution < 1.29 is 17.9 Å². The topological polar surface area (TPSA) is 90.3 Å². The number of hydrogen-bond donors (Lipinski definition) is 1. The maximum absolute atomic E-state index is 11.5. The van der Waals surface area contributed by atoms with Gasteiger partial charge >= 0.3 is 5.97 Å². The number of likely N-dealkylation sites (N-methyl/N-ethyl adjacent to an activating group) is 1. The Morgan fingerprint density at radius 1 is 1.58 bits per heavy atom. The average molecular weight is 289 g/mol. The highest BCUT2D eigenvalue weighted by molar-refractivity contribution is 7.90. The number of rotatable bonds is 7. The van der Waals surface area contributed by atoms with Crippen molar-refractivity contribution >= 4 is 15.8 Å². The maximum Gasteiger partial charge on any atom is 0.322 e. The van der Waals surface area contributed by atoms with Gasteiger partial charge in [-0.05, 0) is 13.0 Å². The second-order valence-electron chi connectivity index (χ2n) is 4.13. The Bertz CT molecular complexity index is 524. The van der Waals surface area contributed by atoms with Crippen LogP contribution < -0.4 is 5.32 Å². The molecule has 0 aliphatic rings. The molecule has 1 N–H and O–H groups in total. The van der Waals surface area contributed by atoms with Crippen molar-refractivity contribution in [1.82, 2.24) is 15.1 Å². The van der Waals surface area contributed by atoms with E-state index in [1.165, 1.54) is 24.2 Å². The van der Waals surface area contributed by atoms with Gasteiger partial charge in [-0.1, -0.05) is 6.92 Å². The number of nitrogens with zero attached hydrogens (tertiary/aromatic N) is 2. The molecule has 0 bridgehead atoms. The molecule has 0 aliphatic heterocycles. The molecule has 1 unspecified atom stereocenters. The van der Waals surface area contributed by atoms with Gasteiger partial charge in [-0.3, -0.25) is 9.48 Å². The van der Waals surface area contributed by atoms with Crippen LogP contribution in [-0.4, -0.2) is 50.1 Å². The lowest BCUT2D eigenvalue weighted by atomic mass is 10.2. The molecule has 0 saturated carbocycles. The van der Waals surface area contributed by atoms with Gasteiger partial charge in [0.05, 0.1) is 13.3 Å². The van der Waals surface area contributed by atoms with Crippen LogP contribution in [0.3, 0.4) is 0 Å². The zero-order valence-electron chi connectivity index (χ0n) is 11.3. The van der Waals surface area contributed by atoms with Crippen LogP contribution in [0.25, 0.3) is 0 Å². The lowest BCUT2D eigenvalue weighted by Crippen LogP contribution is -2.38. The number of nitrogens with one attached hydrogen (secondary N) is 1. The van der Waals surface area contributed by atoms with Crippen LogP contribution in [-0.2, 0) is 25.9 Å². The second kappa shape index (κ2) is 6.67. The number of esters is 1. The number of aryl methyl sites for hydroxylation is 1. The Morgan fingerprint density at radius 3 is 2.74 bits per heavy atom. The van der Waals surface area contributed by atoms with Gasteiger partial charge in [0.25, 0.3) is 0 Å². The summed E-state index contributed by atoms with van der Waals surface area (Å²) in [6.45, 7) is 2.97. The summed E-state index contributed by atoms with van der Waals surface area (Å²) in [5.74, 6) is -0.336. The Hall–Kier alpha value is -1.41. The lowest BCUT2D eigenvalue weighted by Gasteiger charge is -2.14. The number of sulfone groups is 1. The molecule has 1 heterocycles.